The summed E-state index contributed by atoms with van der Waals surface area (Å²) in [5.41, 5.74) is 0.506. The van der Waals surface area contributed by atoms with Crippen LogP contribution < -0.4 is 5.32 Å². The smallest absolute Gasteiger partial charge is 0.255 e. The third kappa shape index (κ3) is 3.37. The van der Waals surface area contributed by atoms with Gasteiger partial charge in [-0.25, -0.2) is 0 Å². The first kappa shape index (κ1) is 15.0. The van der Waals surface area contributed by atoms with Gasteiger partial charge in [-0.1, -0.05) is 13.8 Å². The second-order valence-corrected chi connectivity index (χ2v) is 6.68. The highest BCUT2D eigenvalue weighted by molar-refractivity contribution is 5.94. The Morgan fingerprint density at radius 2 is 2.30 bits per heavy atom. The lowest BCUT2D eigenvalue weighted by Gasteiger charge is -2.46. The minimum Gasteiger partial charge on any atom is -0.331 e. The summed E-state index contributed by atoms with van der Waals surface area (Å²) in [5.74, 6) is 0.711. The highest BCUT2D eigenvalue weighted by Gasteiger charge is 2.37. The lowest BCUT2D eigenvalue weighted by atomic mass is 9.93. The van der Waals surface area contributed by atoms with E-state index in [1.54, 1.807) is 12.4 Å². The second-order valence-electron chi connectivity index (χ2n) is 6.68. The summed E-state index contributed by atoms with van der Waals surface area (Å²) in [6.45, 7) is 10.2. The Bertz CT molecular complexity index is 456. The van der Waals surface area contributed by atoms with Gasteiger partial charge in [0.2, 0.25) is 0 Å². The predicted molar refractivity (Wildman–Crippen MR) is 80.6 cm³/mol. The molecular formula is C16H25N3O. The van der Waals surface area contributed by atoms with Crippen molar-refractivity contribution < 1.29 is 4.79 Å². The van der Waals surface area contributed by atoms with Crippen LogP contribution in [0.4, 0.5) is 0 Å². The van der Waals surface area contributed by atoms with Crippen molar-refractivity contribution in [3.05, 3.63) is 30.1 Å². The van der Waals surface area contributed by atoms with Gasteiger partial charge in [-0.05, 0) is 38.3 Å². The summed E-state index contributed by atoms with van der Waals surface area (Å²) in [6.07, 6.45) is 4.44. The molecule has 20 heavy (non-hydrogen) atoms. The van der Waals surface area contributed by atoms with Gasteiger partial charge in [-0.15, -0.1) is 0 Å². The standard InChI is InChI=1S/C16H25N3O/c1-12(2)8-14-10-19(16(3,4)11-18-14)15(20)13-6-5-7-17-9-13/h5-7,9,12,14,18H,8,10-11H2,1-4H3. The van der Waals surface area contributed by atoms with Crippen LogP contribution in [-0.4, -0.2) is 40.5 Å². The van der Waals surface area contributed by atoms with Crippen molar-refractivity contribution in [3.63, 3.8) is 0 Å². The number of nitrogens with one attached hydrogen (secondary N) is 1. The van der Waals surface area contributed by atoms with Gasteiger partial charge in [0.15, 0.2) is 0 Å². The first-order chi connectivity index (χ1) is 9.40. The maximum Gasteiger partial charge on any atom is 0.255 e. The van der Waals surface area contributed by atoms with Crippen LogP contribution in [0.1, 0.15) is 44.5 Å². The van der Waals surface area contributed by atoms with E-state index < -0.39 is 0 Å². The molecule has 110 valence electrons. The molecule has 0 spiro atoms. The quantitative estimate of drug-likeness (QED) is 0.921. The molecule has 1 aromatic rings. The molecule has 1 atom stereocenters. The fraction of sp³-hybridized carbons (Fsp3) is 0.625. The highest BCUT2D eigenvalue weighted by Crippen LogP contribution is 2.23. The van der Waals surface area contributed by atoms with Crippen molar-refractivity contribution in [3.8, 4) is 0 Å². The van der Waals surface area contributed by atoms with Crippen LogP contribution in [0.25, 0.3) is 0 Å². The third-order valence-corrected chi connectivity index (χ3v) is 3.87. The van der Waals surface area contributed by atoms with Crippen LogP contribution in [-0.2, 0) is 0 Å². The number of rotatable bonds is 3. The molecule has 0 radical (unpaired) electrons. The SMILES string of the molecule is CC(C)CC1CN(C(=O)c2cccnc2)C(C)(C)CN1. The summed E-state index contributed by atoms with van der Waals surface area (Å²) in [6, 6.07) is 4.03. The zero-order chi connectivity index (χ0) is 14.8. The van der Waals surface area contributed by atoms with Gasteiger partial charge >= 0.3 is 0 Å². The van der Waals surface area contributed by atoms with Crippen molar-refractivity contribution in [2.45, 2.75) is 45.7 Å². The molecule has 1 aliphatic heterocycles. The van der Waals surface area contributed by atoms with Crippen LogP contribution in [0.5, 0.6) is 0 Å². The summed E-state index contributed by atoms with van der Waals surface area (Å²) >= 11 is 0. The molecule has 0 aliphatic carbocycles. The number of hydrogen-bond donors (Lipinski definition) is 1. The van der Waals surface area contributed by atoms with Gasteiger partial charge in [0.05, 0.1) is 11.1 Å². The Hall–Kier alpha value is -1.42. The van der Waals surface area contributed by atoms with E-state index in [1.165, 1.54) is 0 Å². The fourth-order valence-electron chi connectivity index (χ4n) is 2.75. The Kier molecular flexibility index (Phi) is 4.43. The molecule has 2 heterocycles. The molecule has 4 nitrogen and oxygen atoms in total. The summed E-state index contributed by atoms with van der Waals surface area (Å²) in [4.78, 5) is 18.8. The van der Waals surface area contributed by atoms with E-state index in [9.17, 15) is 4.79 Å². The maximum absolute atomic E-state index is 12.7. The molecule has 0 bridgehead atoms. The first-order valence-electron chi connectivity index (χ1n) is 7.35. The average Bonchev–Trinajstić information content (AvgIpc) is 2.40. The summed E-state index contributed by atoms with van der Waals surface area (Å²) in [5, 5.41) is 3.57. The number of piperazine rings is 1. The monoisotopic (exact) mass is 275 g/mol. The van der Waals surface area contributed by atoms with Crippen LogP contribution in [0.15, 0.2) is 24.5 Å². The third-order valence-electron chi connectivity index (χ3n) is 3.87. The molecule has 2 rings (SSSR count). The van der Waals surface area contributed by atoms with E-state index in [-0.39, 0.29) is 11.4 Å². The predicted octanol–water partition coefficient (Wildman–Crippen LogP) is 2.32. The van der Waals surface area contributed by atoms with Gasteiger partial charge < -0.3 is 10.2 Å². The van der Waals surface area contributed by atoms with Gasteiger partial charge in [0.1, 0.15) is 0 Å². The summed E-state index contributed by atoms with van der Waals surface area (Å²) < 4.78 is 0. The molecule has 1 fully saturated rings. The van der Waals surface area contributed by atoms with Crippen molar-refractivity contribution in [2.24, 2.45) is 5.92 Å². The van der Waals surface area contributed by atoms with Crippen LogP contribution in [0.2, 0.25) is 0 Å². The van der Waals surface area contributed by atoms with Gasteiger partial charge in [-0.2, -0.15) is 0 Å². The minimum absolute atomic E-state index is 0.0818. The lowest BCUT2D eigenvalue weighted by molar-refractivity contribution is 0.0377. The molecule has 0 saturated carbocycles. The van der Waals surface area contributed by atoms with Gasteiger partial charge in [-0.3, -0.25) is 9.78 Å². The molecule has 1 N–H and O–H groups in total. The molecule has 1 saturated heterocycles. The van der Waals surface area contributed by atoms with E-state index >= 15 is 0 Å². The Morgan fingerprint density at radius 3 is 2.90 bits per heavy atom. The molecule has 1 aromatic heterocycles. The molecule has 1 aliphatic rings. The number of carbonyl (C=O) groups is 1. The van der Waals surface area contributed by atoms with E-state index in [2.05, 4.69) is 38.0 Å². The largest absolute Gasteiger partial charge is 0.331 e. The molecular weight excluding hydrogens is 250 g/mol. The van der Waals surface area contributed by atoms with Crippen LogP contribution >= 0.6 is 0 Å². The average molecular weight is 275 g/mol. The van der Waals surface area contributed by atoms with Crippen LogP contribution in [0.3, 0.4) is 0 Å². The number of carbonyl (C=O) groups excluding carboxylic acids is 1. The number of nitrogens with zero attached hydrogens (tertiary/aromatic N) is 2. The number of hydrogen-bond acceptors (Lipinski definition) is 3. The lowest BCUT2D eigenvalue weighted by Crippen LogP contribution is -2.63. The minimum atomic E-state index is -0.166. The first-order valence-corrected chi connectivity index (χ1v) is 7.35. The van der Waals surface area contributed by atoms with E-state index in [1.807, 2.05) is 17.0 Å². The molecule has 1 amide bonds. The number of aromatic nitrogens is 1. The topological polar surface area (TPSA) is 45.2 Å². The van der Waals surface area contributed by atoms with Gasteiger partial charge in [0.25, 0.3) is 5.91 Å². The second kappa shape index (κ2) is 5.92. The molecule has 1 unspecified atom stereocenters. The van der Waals surface area contributed by atoms with Gasteiger partial charge in [0, 0.05) is 31.5 Å². The fourth-order valence-corrected chi connectivity index (χ4v) is 2.75. The Morgan fingerprint density at radius 1 is 1.55 bits per heavy atom. The highest BCUT2D eigenvalue weighted by atomic mass is 16.2. The maximum atomic E-state index is 12.7. The van der Waals surface area contributed by atoms with Crippen molar-refractivity contribution in [1.29, 1.82) is 0 Å². The zero-order valence-corrected chi connectivity index (χ0v) is 12.9. The molecule has 0 aromatic carbocycles. The van der Waals surface area contributed by atoms with Crippen molar-refractivity contribution in [2.75, 3.05) is 13.1 Å². The molecule has 4 heteroatoms. The van der Waals surface area contributed by atoms with Crippen LogP contribution in [0, 0.1) is 5.92 Å². The Labute approximate surface area is 121 Å². The number of pyridine rings is 1. The zero-order valence-electron chi connectivity index (χ0n) is 12.9. The summed E-state index contributed by atoms with van der Waals surface area (Å²) in [7, 11) is 0. The van der Waals surface area contributed by atoms with E-state index in [0.717, 1.165) is 19.5 Å². The Balaban J connectivity index is 2.15. The normalized spacial score (nSPS) is 22.1. The van der Waals surface area contributed by atoms with Crippen molar-refractivity contribution in [1.82, 2.24) is 15.2 Å². The van der Waals surface area contributed by atoms with Crippen molar-refractivity contribution >= 4 is 5.91 Å². The van der Waals surface area contributed by atoms with E-state index in [4.69, 9.17) is 0 Å². The number of amides is 1. The van der Waals surface area contributed by atoms with E-state index in [0.29, 0.717) is 17.5 Å².